The second kappa shape index (κ2) is 7.47. The number of amides is 1. The molecule has 0 aromatic carbocycles. The average Bonchev–Trinajstić information content (AvgIpc) is 2.77. The molecule has 0 radical (unpaired) electrons. The molecule has 1 aromatic heterocycles. The highest BCUT2D eigenvalue weighted by Crippen LogP contribution is 1.92. The van der Waals surface area contributed by atoms with Gasteiger partial charge in [0.05, 0.1) is 12.7 Å². The Hall–Kier alpha value is -1.96. The van der Waals surface area contributed by atoms with Crippen LogP contribution in [0, 0.1) is 0 Å². The fraction of sp³-hybridized carbons (Fsp3) is 0.636. The van der Waals surface area contributed by atoms with Crippen molar-refractivity contribution in [2.24, 2.45) is 0 Å². The van der Waals surface area contributed by atoms with Crippen molar-refractivity contribution in [3.8, 4) is 0 Å². The molecular formula is C11H19N5O3. The van der Waals surface area contributed by atoms with Crippen LogP contribution in [0.2, 0.25) is 0 Å². The number of rotatable bonds is 8. The highest BCUT2D eigenvalue weighted by atomic mass is 16.4. The highest BCUT2D eigenvalue weighted by molar-refractivity contribution is 5.84. The maximum atomic E-state index is 11.4. The van der Waals surface area contributed by atoms with Crippen molar-refractivity contribution in [2.75, 3.05) is 13.1 Å². The quantitative estimate of drug-likeness (QED) is 0.586. The van der Waals surface area contributed by atoms with Gasteiger partial charge in [-0.2, -0.15) is 0 Å². The zero-order valence-electron chi connectivity index (χ0n) is 11.1. The second-order valence-corrected chi connectivity index (χ2v) is 4.38. The van der Waals surface area contributed by atoms with Gasteiger partial charge < -0.3 is 15.7 Å². The minimum absolute atomic E-state index is 0.0493. The minimum Gasteiger partial charge on any atom is -0.476 e. The van der Waals surface area contributed by atoms with Crippen molar-refractivity contribution in [2.45, 2.75) is 32.9 Å². The van der Waals surface area contributed by atoms with Crippen LogP contribution < -0.4 is 10.6 Å². The lowest BCUT2D eigenvalue weighted by Gasteiger charge is -2.08. The average molecular weight is 269 g/mol. The molecule has 1 rings (SSSR count). The summed E-state index contributed by atoms with van der Waals surface area (Å²) in [5.41, 5.74) is -0.104. The van der Waals surface area contributed by atoms with Crippen LogP contribution in [0.15, 0.2) is 6.20 Å². The Morgan fingerprint density at radius 1 is 1.42 bits per heavy atom. The number of carboxylic acids is 1. The van der Waals surface area contributed by atoms with E-state index >= 15 is 0 Å². The van der Waals surface area contributed by atoms with Gasteiger partial charge in [0.1, 0.15) is 0 Å². The lowest BCUT2D eigenvalue weighted by molar-refractivity contribution is -0.121. The van der Waals surface area contributed by atoms with Crippen molar-refractivity contribution in [3.63, 3.8) is 0 Å². The molecule has 106 valence electrons. The fourth-order valence-corrected chi connectivity index (χ4v) is 1.38. The smallest absolute Gasteiger partial charge is 0.358 e. The van der Waals surface area contributed by atoms with Crippen molar-refractivity contribution in [1.82, 2.24) is 25.6 Å². The third-order valence-electron chi connectivity index (χ3n) is 2.33. The first kappa shape index (κ1) is 15.1. The third kappa shape index (κ3) is 5.96. The van der Waals surface area contributed by atoms with Gasteiger partial charge in [-0.05, 0) is 0 Å². The Morgan fingerprint density at radius 3 is 2.74 bits per heavy atom. The molecule has 1 amide bonds. The van der Waals surface area contributed by atoms with Crippen molar-refractivity contribution in [3.05, 3.63) is 11.9 Å². The number of aromatic carboxylic acids is 1. The van der Waals surface area contributed by atoms with E-state index in [2.05, 4.69) is 20.9 Å². The van der Waals surface area contributed by atoms with Gasteiger partial charge in [-0.25, -0.2) is 9.48 Å². The summed E-state index contributed by atoms with van der Waals surface area (Å²) in [5, 5.41) is 21.7. The molecule has 0 aliphatic carbocycles. The van der Waals surface area contributed by atoms with E-state index in [9.17, 15) is 9.59 Å². The summed E-state index contributed by atoms with van der Waals surface area (Å²) in [6.07, 6.45) is 1.74. The highest BCUT2D eigenvalue weighted by Gasteiger charge is 2.08. The standard InChI is InChI=1S/C11H19N5O3/c1-8(2)12-4-3-10(17)13-5-6-16-7-9(11(18)19)14-15-16/h7-8,12H,3-6H2,1-2H3,(H,13,17)(H,18,19). The Labute approximate surface area is 111 Å². The van der Waals surface area contributed by atoms with Crippen LogP contribution in [0.1, 0.15) is 30.8 Å². The first-order valence-electron chi connectivity index (χ1n) is 6.12. The predicted molar refractivity (Wildman–Crippen MR) is 67.7 cm³/mol. The summed E-state index contributed by atoms with van der Waals surface area (Å²) in [4.78, 5) is 22.0. The Bertz CT molecular complexity index is 430. The van der Waals surface area contributed by atoms with Crippen LogP contribution in [-0.4, -0.2) is 51.1 Å². The number of nitrogens with one attached hydrogen (secondary N) is 2. The first-order valence-corrected chi connectivity index (χ1v) is 6.12. The van der Waals surface area contributed by atoms with Gasteiger partial charge >= 0.3 is 5.97 Å². The summed E-state index contributed by atoms with van der Waals surface area (Å²) < 4.78 is 1.39. The summed E-state index contributed by atoms with van der Waals surface area (Å²) >= 11 is 0. The molecule has 0 atom stereocenters. The molecule has 0 aliphatic rings. The number of hydrogen-bond acceptors (Lipinski definition) is 5. The molecule has 0 fully saturated rings. The fourth-order valence-electron chi connectivity index (χ4n) is 1.38. The van der Waals surface area contributed by atoms with Gasteiger partial charge in [0.2, 0.25) is 5.91 Å². The third-order valence-corrected chi connectivity index (χ3v) is 2.33. The SMILES string of the molecule is CC(C)NCCC(=O)NCCn1cc(C(=O)O)nn1. The van der Waals surface area contributed by atoms with Crippen LogP contribution in [-0.2, 0) is 11.3 Å². The van der Waals surface area contributed by atoms with E-state index in [1.165, 1.54) is 10.9 Å². The van der Waals surface area contributed by atoms with E-state index in [4.69, 9.17) is 5.11 Å². The number of carboxylic acid groups (broad SMARTS) is 1. The van der Waals surface area contributed by atoms with E-state index in [1.54, 1.807) is 0 Å². The van der Waals surface area contributed by atoms with Crippen LogP contribution in [0.3, 0.4) is 0 Å². The maximum absolute atomic E-state index is 11.4. The summed E-state index contributed by atoms with van der Waals surface area (Å²) in [7, 11) is 0. The van der Waals surface area contributed by atoms with Crippen LogP contribution in [0.4, 0.5) is 0 Å². The molecule has 8 nitrogen and oxygen atoms in total. The molecule has 19 heavy (non-hydrogen) atoms. The van der Waals surface area contributed by atoms with Crippen molar-refractivity contribution in [1.29, 1.82) is 0 Å². The van der Waals surface area contributed by atoms with Gasteiger partial charge in [0.25, 0.3) is 0 Å². The summed E-state index contributed by atoms with van der Waals surface area (Å²) in [6, 6.07) is 0.359. The van der Waals surface area contributed by atoms with Gasteiger partial charge in [-0.15, -0.1) is 5.10 Å². The summed E-state index contributed by atoms with van der Waals surface area (Å²) in [5.74, 6) is -1.17. The minimum atomic E-state index is -1.12. The number of hydrogen-bond donors (Lipinski definition) is 3. The first-order chi connectivity index (χ1) is 8.99. The molecule has 8 heteroatoms. The van der Waals surface area contributed by atoms with Crippen molar-refractivity contribution >= 4 is 11.9 Å². The lowest BCUT2D eigenvalue weighted by atomic mass is 10.3. The molecule has 1 aromatic rings. The zero-order chi connectivity index (χ0) is 14.3. The van der Waals surface area contributed by atoms with Crippen LogP contribution >= 0.6 is 0 Å². The van der Waals surface area contributed by atoms with Crippen LogP contribution in [0.5, 0.6) is 0 Å². The van der Waals surface area contributed by atoms with Crippen molar-refractivity contribution < 1.29 is 14.7 Å². The molecule has 0 unspecified atom stereocenters. The molecule has 1 heterocycles. The van der Waals surface area contributed by atoms with Gasteiger partial charge in [0.15, 0.2) is 5.69 Å². The molecule has 0 spiro atoms. The lowest BCUT2D eigenvalue weighted by Crippen LogP contribution is -2.32. The van der Waals surface area contributed by atoms with E-state index < -0.39 is 5.97 Å². The molecule has 0 bridgehead atoms. The van der Waals surface area contributed by atoms with E-state index in [0.717, 1.165) is 0 Å². The molecule has 0 aliphatic heterocycles. The Morgan fingerprint density at radius 2 is 2.16 bits per heavy atom. The Balaban J connectivity index is 2.18. The number of aromatic nitrogens is 3. The van der Waals surface area contributed by atoms with Gasteiger partial charge in [-0.1, -0.05) is 19.1 Å². The Kier molecular flexibility index (Phi) is 5.94. The maximum Gasteiger partial charge on any atom is 0.358 e. The van der Waals surface area contributed by atoms with E-state index in [0.29, 0.717) is 32.1 Å². The molecule has 0 saturated carbocycles. The molecular weight excluding hydrogens is 250 g/mol. The number of carbonyl (C=O) groups excluding carboxylic acids is 1. The summed E-state index contributed by atoms with van der Waals surface area (Å²) in [6.45, 7) is 5.45. The normalized spacial score (nSPS) is 10.7. The van der Waals surface area contributed by atoms with Gasteiger partial charge in [0, 0.05) is 25.6 Å². The van der Waals surface area contributed by atoms with Gasteiger partial charge in [-0.3, -0.25) is 4.79 Å². The topological polar surface area (TPSA) is 109 Å². The molecule has 0 saturated heterocycles. The zero-order valence-corrected chi connectivity index (χ0v) is 11.1. The largest absolute Gasteiger partial charge is 0.476 e. The second-order valence-electron chi connectivity index (χ2n) is 4.38. The van der Waals surface area contributed by atoms with E-state index in [-0.39, 0.29) is 11.6 Å². The monoisotopic (exact) mass is 269 g/mol. The number of carbonyl (C=O) groups is 2. The molecule has 3 N–H and O–H groups in total. The van der Waals surface area contributed by atoms with Crippen LogP contribution in [0.25, 0.3) is 0 Å². The number of nitrogens with zero attached hydrogens (tertiary/aromatic N) is 3. The van der Waals surface area contributed by atoms with E-state index in [1.807, 2.05) is 13.8 Å². The predicted octanol–water partition coefficient (Wildman–Crippen LogP) is -0.519.